The van der Waals surface area contributed by atoms with E-state index in [4.69, 9.17) is 4.74 Å². The Bertz CT molecular complexity index is 650. The summed E-state index contributed by atoms with van der Waals surface area (Å²) in [6.07, 6.45) is 0. The number of thioether (sulfide) groups is 1. The summed E-state index contributed by atoms with van der Waals surface area (Å²) >= 11 is 1.27. The first-order valence-electron chi connectivity index (χ1n) is 8.42. The van der Waals surface area contributed by atoms with Crippen LogP contribution in [0.25, 0.3) is 0 Å². The Labute approximate surface area is 150 Å². The van der Waals surface area contributed by atoms with Gasteiger partial charge in [-0.2, -0.15) is 0 Å². The van der Waals surface area contributed by atoms with Gasteiger partial charge in [-0.3, -0.25) is 9.59 Å². The van der Waals surface area contributed by atoms with E-state index in [-0.39, 0.29) is 29.3 Å². The fourth-order valence-corrected chi connectivity index (χ4v) is 4.01. The Kier molecular flexibility index (Phi) is 5.80. The lowest BCUT2D eigenvalue weighted by molar-refractivity contribution is -0.917. The number of methoxy groups -OCH3 is 1. The van der Waals surface area contributed by atoms with E-state index < -0.39 is 0 Å². The lowest BCUT2D eigenvalue weighted by Gasteiger charge is -2.33. The maximum absolute atomic E-state index is 13.8. The normalized spacial score (nSPS) is 18.7. The van der Waals surface area contributed by atoms with E-state index in [1.807, 2.05) is 11.0 Å². The van der Waals surface area contributed by atoms with Crippen LogP contribution in [0, 0.1) is 5.82 Å². The van der Waals surface area contributed by atoms with Gasteiger partial charge >= 0.3 is 0 Å². The van der Waals surface area contributed by atoms with Crippen LogP contribution in [0.15, 0.2) is 18.2 Å². The fourth-order valence-electron chi connectivity index (χ4n) is 3.19. The minimum Gasteiger partial charge on any atom is -0.494 e. The Morgan fingerprint density at radius 3 is 2.68 bits per heavy atom. The molecule has 0 aliphatic carbocycles. The molecule has 1 aromatic rings. The summed E-state index contributed by atoms with van der Waals surface area (Å²) in [6.45, 7) is 4.55. The third kappa shape index (κ3) is 4.43. The van der Waals surface area contributed by atoms with Crippen molar-refractivity contribution in [3.05, 3.63) is 29.6 Å². The molecule has 0 unspecified atom stereocenters. The minimum atomic E-state index is -0.346. The van der Waals surface area contributed by atoms with Crippen molar-refractivity contribution in [2.24, 2.45) is 0 Å². The van der Waals surface area contributed by atoms with E-state index in [1.54, 1.807) is 11.0 Å². The molecule has 0 spiro atoms. The first-order chi connectivity index (χ1) is 12.1. The summed E-state index contributed by atoms with van der Waals surface area (Å²) in [4.78, 5) is 28.7. The summed E-state index contributed by atoms with van der Waals surface area (Å²) in [5.74, 6) is 0.693. The van der Waals surface area contributed by atoms with Gasteiger partial charge in [0.25, 0.3) is 5.24 Å². The molecule has 25 heavy (non-hydrogen) atoms. The van der Waals surface area contributed by atoms with Crippen molar-refractivity contribution in [2.45, 2.75) is 6.54 Å². The smallest absolute Gasteiger partial charge is 0.282 e. The number of nitrogens with one attached hydrogen (secondary N) is 1. The number of benzene rings is 1. The number of piperazine rings is 1. The quantitative estimate of drug-likeness (QED) is 0.809. The van der Waals surface area contributed by atoms with E-state index in [9.17, 15) is 14.0 Å². The van der Waals surface area contributed by atoms with Gasteiger partial charge in [0.15, 0.2) is 11.6 Å². The molecule has 2 fully saturated rings. The molecule has 0 radical (unpaired) electrons. The first kappa shape index (κ1) is 18.0. The molecule has 2 aliphatic rings. The standard InChI is InChI=1S/C17H22FN3O3S/c1-24-15-3-2-13(10-14(15)18)11-19-4-6-20(7-5-19)16(22)12-21-8-9-25-17(21)23/h2-3,10H,4-9,11-12H2,1H3/p+1. The Balaban J connectivity index is 1.47. The highest BCUT2D eigenvalue weighted by Crippen LogP contribution is 2.18. The second-order valence-corrected chi connectivity index (χ2v) is 7.36. The predicted octanol–water partition coefficient (Wildman–Crippen LogP) is 0.230. The van der Waals surface area contributed by atoms with Crippen molar-refractivity contribution in [3.8, 4) is 5.75 Å². The summed E-state index contributed by atoms with van der Waals surface area (Å²) in [6, 6.07) is 5.04. The molecular weight excluding hydrogens is 345 g/mol. The van der Waals surface area contributed by atoms with Gasteiger partial charge in [-0.05, 0) is 18.2 Å². The van der Waals surface area contributed by atoms with Gasteiger partial charge in [0, 0.05) is 17.9 Å². The molecule has 0 bridgehead atoms. The van der Waals surface area contributed by atoms with Crippen molar-refractivity contribution >= 4 is 22.9 Å². The van der Waals surface area contributed by atoms with Gasteiger partial charge in [-0.25, -0.2) is 4.39 Å². The summed E-state index contributed by atoms with van der Waals surface area (Å²) < 4.78 is 18.7. The predicted molar refractivity (Wildman–Crippen MR) is 93.4 cm³/mol. The van der Waals surface area contributed by atoms with Crippen molar-refractivity contribution in [2.75, 3.05) is 52.1 Å². The lowest BCUT2D eigenvalue weighted by atomic mass is 10.2. The molecule has 0 saturated carbocycles. The lowest BCUT2D eigenvalue weighted by Crippen LogP contribution is -3.13. The van der Waals surface area contributed by atoms with Crippen molar-refractivity contribution in [1.29, 1.82) is 0 Å². The van der Waals surface area contributed by atoms with E-state index in [1.165, 1.54) is 29.8 Å². The van der Waals surface area contributed by atoms with E-state index in [2.05, 4.69) is 0 Å². The molecule has 2 aliphatic heterocycles. The van der Waals surface area contributed by atoms with Crippen LogP contribution < -0.4 is 9.64 Å². The molecule has 2 heterocycles. The second-order valence-electron chi connectivity index (χ2n) is 6.31. The second kappa shape index (κ2) is 8.05. The third-order valence-corrected chi connectivity index (χ3v) is 5.56. The number of halogens is 1. The van der Waals surface area contributed by atoms with Crippen molar-refractivity contribution < 1.29 is 23.6 Å². The number of nitrogens with zero attached hydrogens (tertiary/aromatic N) is 2. The van der Waals surface area contributed by atoms with Crippen LogP contribution in [0.4, 0.5) is 9.18 Å². The van der Waals surface area contributed by atoms with Crippen LogP contribution in [0.1, 0.15) is 5.56 Å². The molecule has 0 atom stereocenters. The summed E-state index contributed by atoms with van der Waals surface area (Å²) in [5.41, 5.74) is 0.924. The Morgan fingerprint density at radius 1 is 1.32 bits per heavy atom. The molecule has 8 heteroatoms. The van der Waals surface area contributed by atoms with Crippen LogP contribution >= 0.6 is 11.8 Å². The highest BCUT2D eigenvalue weighted by Gasteiger charge is 2.28. The van der Waals surface area contributed by atoms with Crippen LogP contribution in [-0.2, 0) is 11.3 Å². The number of carbonyl (C=O) groups excluding carboxylic acids is 2. The number of quaternary nitrogens is 1. The van der Waals surface area contributed by atoms with Gasteiger partial charge in [0.2, 0.25) is 5.91 Å². The molecule has 2 amide bonds. The maximum Gasteiger partial charge on any atom is 0.282 e. The number of amides is 2. The number of carbonyl (C=O) groups is 2. The first-order valence-corrected chi connectivity index (χ1v) is 9.41. The molecule has 0 aromatic heterocycles. The summed E-state index contributed by atoms with van der Waals surface area (Å²) in [5, 5.41) is -0.000793. The minimum absolute atomic E-state index is 0.000793. The van der Waals surface area contributed by atoms with E-state index >= 15 is 0 Å². The fraction of sp³-hybridized carbons (Fsp3) is 0.529. The van der Waals surface area contributed by atoms with Gasteiger partial charge in [0.1, 0.15) is 13.1 Å². The van der Waals surface area contributed by atoms with Gasteiger partial charge in [-0.1, -0.05) is 11.8 Å². The molecule has 1 N–H and O–H groups in total. The number of ether oxygens (including phenoxy) is 1. The third-order valence-electron chi connectivity index (χ3n) is 4.66. The number of hydrogen-bond donors (Lipinski definition) is 1. The van der Waals surface area contributed by atoms with Crippen LogP contribution in [0.3, 0.4) is 0 Å². The zero-order valence-corrected chi connectivity index (χ0v) is 15.1. The van der Waals surface area contributed by atoms with Crippen molar-refractivity contribution in [1.82, 2.24) is 9.80 Å². The van der Waals surface area contributed by atoms with Crippen LogP contribution in [-0.4, -0.2) is 73.1 Å². The zero-order valence-electron chi connectivity index (χ0n) is 14.3. The molecule has 136 valence electrons. The Hall–Kier alpha value is -1.80. The highest BCUT2D eigenvalue weighted by atomic mass is 32.2. The average molecular weight is 368 g/mol. The van der Waals surface area contributed by atoms with E-state index in [0.717, 1.165) is 31.0 Å². The average Bonchev–Trinajstić information content (AvgIpc) is 3.00. The summed E-state index contributed by atoms with van der Waals surface area (Å²) in [7, 11) is 1.45. The van der Waals surface area contributed by atoms with Crippen LogP contribution in [0.2, 0.25) is 0 Å². The molecular formula is C17H23FN3O3S+. The van der Waals surface area contributed by atoms with Crippen LogP contribution in [0.5, 0.6) is 5.75 Å². The van der Waals surface area contributed by atoms with Gasteiger partial charge < -0.3 is 19.4 Å². The monoisotopic (exact) mass is 368 g/mol. The largest absolute Gasteiger partial charge is 0.494 e. The van der Waals surface area contributed by atoms with Gasteiger partial charge in [-0.15, -0.1) is 0 Å². The van der Waals surface area contributed by atoms with Gasteiger partial charge in [0.05, 0.1) is 33.3 Å². The SMILES string of the molecule is COc1ccc(C[NH+]2CCN(C(=O)CN3CCSC3=O)CC2)cc1F. The highest BCUT2D eigenvalue weighted by molar-refractivity contribution is 8.13. The topological polar surface area (TPSA) is 54.3 Å². The molecule has 6 nitrogen and oxygen atoms in total. The zero-order chi connectivity index (χ0) is 17.8. The molecule has 1 aromatic carbocycles. The Morgan fingerprint density at radius 2 is 2.08 bits per heavy atom. The number of hydrogen-bond acceptors (Lipinski definition) is 4. The maximum atomic E-state index is 13.8. The number of rotatable bonds is 5. The van der Waals surface area contributed by atoms with Crippen molar-refractivity contribution in [3.63, 3.8) is 0 Å². The van der Waals surface area contributed by atoms with E-state index in [0.29, 0.717) is 19.6 Å². The molecule has 3 rings (SSSR count). The molecule has 2 saturated heterocycles.